The predicted molar refractivity (Wildman–Crippen MR) is 117 cm³/mol. The molecule has 3 aromatic rings. The van der Waals surface area contributed by atoms with Gasteiger partial charge < -0.3 is 4.74 Å². The molecule has 0 fully saturated rings. The number of amides is 1. The van der Waals surface area contributed by atoms with Crippen LogP contribution in [0.5, 0.6) is 5.75 Å². The molecular weight excluding hydrogens is 402 g/mol. The Morgan fingerprint density at radius 2 is 1.73 bits per heavy atom. The highest BCUT2D eigenvalue weighted by Crippen LogP contribution is 2.32. The largest absolute Gasteiger partial charge is 0.496 e. The van der Waals surface area contributed by atoms with E-state index in [1.54, 1.807) is 20.1 Å². The molecule has 152 valence electrons. The number of hydrogen-bond acceptors (Lipinski definition) is 5. The van der Waals surface area contributed by atoms with E-state index < -0.39 is 10.0 Å². The molecule has 0 bridgehead atoms. The molecule has 0 spiro atoms. The fraction of sp³-hybridized carbons (Fsp3) is 0.0909. The summed E-state index contributed by atoms with van der Waals surface area (Å²) in [5.74, 6) is 0.337. The Hall–Kier alpha value is -3.49. The lowest BCUT2D eigenvalue weighted by atomic mass is 10.00. The molecule has 3 aromatic carbocycles. The number of rotatable bonds is 4. The van der Waals surface area contributed by atoms with E-state index in [4.69, 9.17) is 9.88 Å². The van der Waals surface area contributed by atoms with Crippen LogP contribution in [0.2, 0.25) is 0 Å². The number of sulfonamides is 1. The molecule has 0 atom stereocenters. The number of carbonyl (C=O) groups excluding carboxylic acids is 1. The number of hydrazone groups is 1. The standard InChI is InChI=1S/C22H19N3O4S/c1-14-19(13-20-18-6-4-3-5-15(18)7-12-21(20)29-2)22(26)25(24-14)16-8-10-17(11-9-16)30(23,27)28/h3-13H,1-2H3,(H2,23,27,28)/b19-13+. The smallest absolute Gasteiger partial charge is 0.280 e. The molecule has 4 rings (SSSR count). The molecule has 1 aliphatic rings. The molecule has 7 nitrogen and oxygen atoms in total. The van der Waals surface area contributed by atoms with Crippen molar-refractivity contribution in [3.63, 3.8) is 0 Å². The minimum Gasteiger partial charge on any atom is -0.496 e. The number of nitrogens with two attached hydrogens (primary N) is 1. The summed E-state index contributed by atoms with van der Waals surface area (Å²) in [6, 6.07) is 17.4. The molecular formula is C22H19N3O4S. The van der Waals surface area contributed by atoms with Crippen molar-refractivity contribution in [2.24, 2.45) is 10.2 Å². The molecule has 1 heterocycles. The molecule has 0 saturated heterocycles. The number of primary sulfonamides is 1. The Morgan fingerprint density at radius 3 is 2.40 bits per heavy atom. The lowest BCUT2D eigenvalue weighted by molar-refractivity contribution is -0.114. The second-order valence-electron chi connectivity index (χ2n) is 6.80. The van der Waals surface area contributed by atoms with E-state index in [0.717, 1.165) is 16.3 Å². The number of benzene rings is 3. The number of hydrogen-bond donors (Lipinski definition) is 1. The third-order valence-electron chi connectivity index (χ3n) is 4.91. The molecule has 30 heavy (non-hydrogen) atoms. The van der Waals surface area contributed by atoms with Crippen LogP contribution >= 0.6 is 0 Å². The van der Waals surface area contributed by atoms with Gasteiger partial charge in [0.15, 0.2) is 0 Å². The number of ether oxygens (including phenoxy) is 1. The fourth-order valence-corrected chi connectivity index (χ4v) is 3.90. The third kappa shape index (κ3) is 3.47. The Morgan fingerprint density at radius 1 is 1.03 bits per heavy atom. The Labute approximate surface area is 174 Å². The summed E-state index contributed by atoms with van der Waals surface area (Å²) in [4.78, 5) is 13.1. The van der Waals surface area contributed by atoms with Crippen LogP contribution in [-0.4, -0.2) is 27.1 Å². The van der Waals surface area contributed by atoms with Gasteiger partial charge >= 0.3 is 0 Å². The van der Waals surface area contributed by atoms with E-state index in [0.29, 0.717) is 22.7 Å². The first-order valence-electron chi connectivity index (χ1n) is 9.10. The first-order valence-corrected chi connectivity index (χ1v) is 10.6. The van der Waals surface area contributed by atoms with Crippen molar-refractivity contribution in [1.82, 2.24) is 0 Å². The van der Waals surface area contributed by atoms with Crippen molar-refractivity contribution in [3.8, 4) is 5.75 Å². The summed E-state index contributed by atoms with van der Waals surface area (Å²) >= 11 is 0. The van der Waals surface area contributed by atoms with Gasteiger partial charge in [-0.3, -0.25) is 4.79 Å². The lowest BCUT2D eigenvalue weighted by Gasteiger charge is -2.13. The molecule has 8 heteroatoms. The van der Waals surface area contributed by atoms with Crippen LogP contribution in [0.3, 0.4) is 0 Å². The van der Waals surface area contributed by atoms with Gasteiger partial charge in [0.25, 0.3) is 5.91 Å². The summed E-state index contributed by atoms with van der Waals surface area (Å²) in [7, 11) is -2.23. The van der Waals surface area contributed by atoms with Crippen LogP contribution in [0.1, 0.15) is 12.5 Å². The fourth-order valence-electron chi connectivity index (χ4n) is 3.38. The van der Waals surface area contributed by atoms with Crippen molar-refractivity contribution >= 4 is 44.2 Å². The van der Waals surface area contributed by atoms with Gasteiger partial charge in [-0.1, -0.05) is 30.3 Å². The number of fused-ring (bicyclic) bond motifs is 1. The van der Waals surface area contributed by atoms with Crippen LogP contribution in [0.4, 0.5) is 5.69 Å². The average molecular weight is 421 g/mol. The number of nitrogens with zero attached hydrogens (tertiary/aromatic N) is 2. The maximum absolute atomic E-state index is 13.1. The second kappa shape index (κ2) is 7.40. The predicted octanol–water partition coefficient (Wildman–Crippen LogP) is 3.30. The molecule has 2 N–H and O–H groups in total. The average Bonchev–Trinajstić information content (AvgIpc) is 3.01. The van der Waals surface area contributed by atoms with Gasteiger partial charge in [0.2, 0.25) is 10.0 Å². The van der Waals surface area contributed by atoms with Crippen molar-refractivity contribution in [3.05, 3.63) is 71.8 Å². The van der Waals surface area contributed by atoms with Crippen LogP contribution in [0, 0.1) is 0 Å². The first kappa shape index (κ1) is 19.8. The van der Waals surface area contributed by atoms with Crippen LogP contribution in [-0.2, 0) is 14.8 Å². The van der Waals surface area contributed by atoms with Crippen LogP contribution in [0.15, 0.2) is 76.2 Å². The van der Waals surface area contributed by atoms with E-state index in [1.165, 1.54) is 29.3 Å². The molecule has 0 radical (unpaired) electrons. The van der Waals surface area contributed by atoms with Gasteiger partial charge in [0.1, 0.15) is 5.75 Å². The number of methoxy groups -OCH3 is 1. The van der Waals surface area contributed by atoms with Gasteiger partial charge in [-0.25, -0.2) is 13.6 Å². The van der Waals surface area contributed by atoms with E-state index in [9.17, 15) is 13.2 Å². The maximum atomic E-state index is 13.1. The number of carbonyl (C=O) groups is 1. The summed E-state index contributed by atoms with van der Waals surface area (Å²) < 4.78 is 28.4. The van der Waals surface area contributed by atoms with Gasteiger partial charge in [-0.2, -0.15) is 10.1 Å². The SMILES string of the molecule is COc1ccc2ccccc2c1/C=C1/C(=O)N(c2ccc(S(N)(=O)=O)cc2)N=C1C. The van der Waals surface area contributed by atoms with Gasteiger partial charge in [0, 0.05) is 5.56 Å². The van der Waals surface area contributed by atoms with Crippen LogP contribution in [0.25, 0.3) is 16.8 Å². The second-order valence-corrected chi connectivity index (χ2v) is 8.36. The highest BCUT2D eigenvalue weighted by Gasteiger charge is 2.29. The van der Waals surface area contributed by atoms with Gasteiger partial charge in [-0.05, 0) is 54.1 Å². The topological polar surface area (TPSA) is 102 Å². The van der Waals surface area contributed by atoms with Crippen LogP contribution < -0.4 is 14.9 Å². The van der Waals surface area contributed by atoms with Crippen molar-refractivity contribution in [2.75, 3.05) is 12.1 Å². The van der Waals surface area contributed by atoms with Gasteiger partial charge in [0.05, 0.1) is 29.0 Å². The molecule has 0 aromatic heterocycles. The Bertz CT molecular complexity index is 1330. The monoisotopic (exact) mass is 421 g/mol. The molecule has 0 unspecified atom stereocenters. The molecule has 0 saturated carbocycles. The summed E-state index contributed by atoms with van der Waals surface area (Å²) in [6.07, 6.45) is 1.78. The van der Waals surface area contributed by atoms with E-state index in [1.807, 2.05) is 36.4 Å². The zero-order chi connectivity index (χ0) is 21.5. The highest BCUT2D eigenvalue weighted by molar-refractivity contribution is 7.89. The van der Waals surface area contributed by atoms with Crippen molar-refractivity contribution < 1.29 is 17.9 Å². The number of anilines is 1. The molecule has 0 aliphatic carbocycles. The Kier molecular flexibility index (Phi) is 4.89. The van der Waals surface area contributed by atoms with Gasteiger partial charge in [-0.15, -0.1) is 0 Å². The van der Waals surface area contributed by atoms with Crippen molar-refractivity contribution in [2.45, 2.75) is 11.8 Å². The zero-order valence-electron chi connectivity index (χ0n) is 16.4. The third-order valence-corrected chi connectivity index (χ3v) is 5.84. The maximum Gasteiger partial charge on any atom is 0.280 e. The minimum absolute atomic E-state index is 0.0325. The zero-order valence-corrected chi connectivity index (χ0v) is 17.2. The van der Waals surface area contributed by atoms with Crippen molar-refractivity contribution in [1.29, 1.82) is 0 Å². The first-order chi connectivity index (χ1) is 14.3. The van der Waals surface area contributed by atoms with E-state index >= 15 is 0 Å². The van der Waals surface area contributed by atoms with E-state index in [2.05, 4.69) is 5.10 Å². The highest BCUT2D eigenvalue weighted by atomic mass is 32.2. The molecule has 1 aliphatic heterocycles. The summed E-state index contributed by atoms with van der Waals surface area (Å²) in [6.45, 7) is 1.75. The normalized spacial score (nSPS) is 15.7. The van der Waals surface area contributed by atoms with E-state index in [-0.39, 0.29) is 10.8 Å². The Balaban J connectivity index is 1.76. The molecule has 1 amide bonds. The summed E-state index contributed by atoms with van der Waals surface area (Å²) in [5.41, 5.74) is 2.21. The quantitative estimate of drug-likeness (QED) is 0.653. The summed E-state index contributed by atoms with van der Waals surface area (Å²) in [5, 5.41) is 12.7. The minimum atomic E-state index is -3.81. The lowest BCUT2D eigenvalue weighted by Crippen LogP contribution is -2.21.